The second kappa shape index (κ2) is 9.73. The van der Waals surface area contributed by atoms with Gasteiger partial charge in [0.15, 0.2) is 0 Å². The van der Waals surface area contributed by atoms with Crippen LogP contribution in [0, 0.1) is 0 Å². The molecule has 166 valence electrons. The molecule has 0 aliphatic carbocycles. The average Bonchev–Trinajstić information content (AvgIpc) is 2.73. The van der Waals surface area contributed by atoms with Gasteiger partial charge in [0.25, 0.3) is 0 Å². The second-order valence-electron chi connectivity index (χ2n) is 8.77. The fraction of sp³-hybridized carbons (Fsp3) is 0.417. The van der Waals surface area contributed by atoms with E-state index in [-0.39, 0.29) is 17.5 Å². The van der Waals surface area contributed by atoms with E-state index in [9.17, 15) is 9.59 Å². The summed E-state index contributed by atoms with van der Waals surface area (Å²) in [5, 5.41) is 5.73. The van der Waals surface area contributed by atoms with Gasteiger partial charge < -0.3 is 25.2 Å². The summed E-state index contributed by atoms with van der Waals surface area (Å²) in [6, 6.07) is 15.2. The summed E-state index contributed by atoms with van der Waals surface area (Å²) in [6.07, 6.45) is 0.404. The van der Waals surface area contributed by atoms with Gasteiger partial charge in [0.1, 0.15) is 5.75 Å². The number of benzene rings is 2. The quantitative estimate of drug-likeness (QED) is 0.770. The molecular weight excluding hydrogens is 392 g/mol. The van der Waals surface area contributed by atoms with Crippen LogP contribution in [0.2, 0.25) is 0 Å². The van der Waals surface area contributed by atoms with Crippen LogP contribution in [0.1, 0.15) is 26.3 Å². The van der Waals surface area contributed by atoms with Gasteiger partial charge in [-0.15, -0.1) is 0 Å². The molecular formula is C24H32N4O3. The number of hydrogen-bond donors (Lipinski definition) is 2. The fourth-order valence-corrected chi connectivity index (χ4v) is 3.50. The first-order valence-corrected chi connectivity index (χ1v) is 10.6. The van der Waals surface area contributed by atoms with Crippen LogP contribution >= 0.6 is 0 Å². The number of carbonyl (C=O) groups is 2. The highest BCUT2D eigenvalue weighted by Crippen LogP contribution is 2.20. The standard InChI is InChI=1S/C24H32N4O3/c1-24(2,3)26-23(30)25-19-7-9-20(10-8-19)27-13-15-28(16-14-27)22(29)17-18-5-11-21(31-4)12-6-18/h5-12H,13-17H2,1-4H3,(H2,25,26,30). The zero-order chi connectivity index (χ0) is 22.4. The van der Waals surface area contributed by atoms with Gasteiger partial charge in [-0.3, -0.25) is 4.79 Å². The molecule has 7 heteroatoms. The first kappa shape index (κ1) is 22.5. The van der Waals surface area contributed by atoms with Crippen LogP contribution < -0.4 is 20.3 Å². The minimum absolute atomic E-state index is 0.147. The number of urea groups is 1. The molecule has 7 nitrogen and oxygen atoms in total. The molecule has 31 heavy (non-hydrogen) atoms. The van der Waals surface area contributed by atoms with Gasteiger partial charge in [-0.25, -0.2) is 4.79 Å². The molecule has 2 aromatic rings. The van der Waals surface area contributed by atoms with E-state index in [4.69, 9.17) is 4.74 Å². The Morgan fingerprint density at radius 2 is 1.55 bits per heavy atom. The van der Waals surface area contributed by atoms with Gasteiger partial charge in [0.2, 0.25) is 5.91 Å². The van der Waals surface area contributed by atoms with E-state index in [2.05, 4.69) is 15.5 Å². The molecule has 0 spiro atoms. The normalized spacial score (nSPS) is 14.2. The van der Waals surface area contributed by atoms with Crippen LogP contribution in [-0.4, -0.2) is 55.7 Å². The molecule has 1 aliphatic heterocycles. The van der Waals surface area contributed by atoms with Gasteiger partial charge in [0.05, 0.1) is 13.5 Å². The van der Waals surface area contributed by atoms with Crippen LogP contribution in [0.15, 0.2) is 48.5 Å². The van der Waals surface area contributed by atoms with E-state index in [1.807, 2.05) is 74.2 Å². The minimum atomic E-state index is -0.283. The summed E-state index contributed by atoms with van der Waals surface area (Å²) >= 11 is 0. The number of hydrogen-bond acceptors (Lipinski definition) is 4. The third-order valence-electron chi connectivity index (χ3n) is 5.13. The highest BCUT2D eigenvalue weighted by Gasteiger charge is 2.21. The maximum absolute atomic E-state index is 12.6. The third kappa shape index (κ3) is 6.64. The van der Waals surface area contributed by atoms with E-state index in [0.717, 1.165) is 35.8 Å². The van der Waals surface area contributed by atoms with Gasteiger partial charge in [-0.1, -0.05) is 12.1 Å². The topological polar surface area (TPSA) is 73.9 Å². The molecule has 0 atom stereocenters. The Bertz CT molecular complexity index is 881. The zero-order valence-electron chi connectivity index (χ0n) is 18.8. The highest BCUT2D eigenvalue weighted by atomic mass is 16.5. The maximum atomic E-state index is 12.6. The molecule has 0 radical (unpaired) electrons. The third-order valence-corrected chi connectivity index (χ3v) is 5.13. The predicted molar refractivity (Wildman–Crippen MR) is 124 cm³/mol. The average molecular weight is 425 g/mol. The molecule has 2 N–H and O–H groups in total. The Hall–Kier alpha value is -3.22. The van der Waals surface area contributed by atoms with E-state index in [1.165, 1.54) is 0 Å². The van der Waals surface area contributed by atoms with Crippen LogP contribution in [0.3, 0.4) is 0 Å². The van der Waals surface area contributed by atoms with E-state index >= 15 is 0 Å². The molecule has 3 amide bonds. The first-order chi connectivity index (χ1) is 14.7. The van der Waals surface area contributed by atoms with Gasteiger partial charge in [-0.2, -0.15) is 0 Å². The summed E-state index contributed by atoms with van der Waals surface area (Å²) in [5.41, 5.74) is 2.55. The van der Waals surface area contributed by atoms with Crippen molar-refractivity contribution in [2.75, 3.05) is 43.5 Å². The van der Waals surface area contributed by atoms with Crippen LogP contribution in [0.4, 0.5) is 16.2 Å². The molecule has 3 rings (SSSR count). The lowest BCUT2D eigenvalue weighted by molar-refractivity contribution is -0.130. The summed E-state index contributed by atoms with van der Waals surface area (Å²) in [4.78, 5) is 28.8. The largest absolute Gasteiger partial charge is 0.497 e. The number of ether oxygens (including phenoxy) is 1. The minimum Gasteiger partial charge on any atom is -0.497 e. The van der Waals surface area contributed by atoms with Crippen molar-refractivity contribution in [3.8, 4) is 5.75 Å². The van der Waals surface area contributed by atoms with Gasteiger partial charge in [0, 0.05) is 43.1 Å². The highest BCUT2D eigenvalue weighted by molar-refractivity contribution is 5.89. The number of carbonyl (C=O) groups excluding carboxylic acids is 2. The molecule has 1 aliphatic rings. The van der Waals surface area contributed by atoms with Crippen LogP contribution in [0.25, 0.3) is 0 Å². The number of methoxy groups -OCH3 is 1. The monoisotopic (exact) mass is 424 g/mol. The number of amides is 3. The number of piperazine rings is 1. The number of nitrogens with one attached hydrogen (secondary N) is 2. The Morgan fingerprint density at radius 1 is 0.935 bits per heavy atom. The van der Waals surface area contributed by atoms with Crippen molar-refractivity contribution in [2.45, 2.75) is 32.7 Å². The fourth-order valence-electron chi connectivity index (χ4n) is 3.50. The van der Waals surface area contributed by atoms with Crippen LogP contribution in [0.5, 0.6) is 5.75 Å². The second-order valence-corrected chi connectivity index (χ2v) is 8.77. The molecule has 0 bridgehead atoms. The van der Waals surface area contributed by atoms with Crippen LogP contribution in [-0.2, 0) is 11.2 Å². The lowest BCUT2D eigenvalue weighted by Crippen LogP contribution is -2.49. The number of anilines is 2. The van der Waals surface area contributed by atoms with E-state index < -0.39 is 0 Å². The molecule has 0 unspecified atom stereocenters. The smallest absolute Gasteiger partial charge is 0.319 e. The van der Waals surface area contributed by atoms with Crippen molar-refractivity contribution in [3.05, 3.63) is 54.1 Å². The van der Waals surface area contributed by atoms with Crippen molar-refractivity contribution in [1.82, 2.24) is 10.2 Å². The first-order valence-electron chi connectivity index (χ1n) is 10.6. The lowest BCUT2D eigenvalue weighted by Gasteiger charge is -2.36. The zero-order valence-corrected chi connectivity index (χ0v) is 18.8. The molecule has 0 saturated carbocycles. The summed E-state index contributed by atoms with van der Waals surface area (Å²) < 4.78 is 5.16. The van der Waals surface area contributed by atoms with Crippen molar-refractivity contribution in [3.63, 3.8) is 0 Å². The summed E-state index contributed by atoms with van der Waals surface area (Å²) in [7, 11) is 1.63. The van der Waals surface area contributed by atoms with Gasteiger partial charge >= 0.3 is 6.03 Å². The molecule has 1 fully saturated rings. The SMILES string of the molecule is COc1ccc(CC(=O)N2CCN(c3ccc(NC(=O)NC(C)(C)C)cc3)CC2)cc1. The van der Waals surface area contributed by atoms with Crippen molar-refractivity contribution >= 4 is 23.3 Å². The van der Waals surface area contributed by atoms with Crippen molar-refractivity contribution in [2.24, 2.45) is 0 Å². The molecule has 2 aromatic carbocycles. The van der Waals surface area contributed by atoms with Gasteiger partial charge in [-0.05, 0) is 62.7 Å². The molecule has 1 saturated heterocycles. The number of nitrogens with zero attached hydrogens (tertiary/aromatic N) is 2. The summed E-state index contributed by atoms with van der Waals surface area (Å²) in [5.74, 6) is 0.940. The maximum Gasteiger partial charge on any atom is 0.319 e. The van der Waals surface area contributed by atoms with Crippen molar-refractivity contribution < 1.29 is 14.3 Å². The van der Waals surface area contributed by atoms with Crippen molar-refractivity contribution in [1.29, 1.82) is 0 Å². The Kier molecular flexibility index (Phi) is 7.05. The Labute approximate surface area is 184 Å². The number of rotatable bonds is 5. The Balaban J connectivity index is 1.48. The summed E-state index contributed by atoms with van der Waals surface area (Å²) in [6.45, 7) is 8.79. The lowest BCUT2D eigenvalue weighted by atomic mass is 10.1. The Morgan fingerprint density at radius 3 is 2.10 bits per heavy atom. The molecule has 1 heterocycles. The molecule has 0 aromatic heterocycles. The van der Waals surface area contributed by atoms with E-state index in [0.29, 0.717) is 19.5 Å². The van der Waals surface area contributed by atoms with E-state index in [1.54, 1.807) is 7.11 Å². The predicted octanol–water partition coefficient (Wildman–Crippen LogP) is 3.51.